The molecule has 1 amide bonds. The normalized spacial score (nSPS) is 15.3. The molecular formula is C18H17N3O2S. The van der Waals surface area contributed by atoms with Gasteiger partial charge in [-0.05, 0) is 28.5 Å². The second-order valence-corrected chi connectivity index (χ2v) is 6.84. The van der Waals surface area contributed by atoms with Crippen LogP contribution >= 0.6 is 11.3 Å². The predicted molar refractivity (Wildman–Crippen MR) is 94.3 cm³/mol. The fourth-order valence-corrected chi connectivity index (χ4v) is 3.89. The number of nitrogens with two attached hydrogens (primary N) is 1. The van der Waals surface area contributed by atoms with E-state index in [4.69, 9.17) is 10.5 Å². The third kappa shape index (κ3) is 2.98. The highest BCUT2D eigenvalue weighted by atomic mass is 32.1. The summed E-state index contributed by atoms with van der Waals surface area (Å²) in [4.78, 5) is 17.4. The second-order valence-electron chi connectivity index (χ2n) is 5.93. The minimum Gasteiger partial charge on any atom is -0.488 e. The average molecular weight is 339 g/mol. The fourth-order valence-electron chi connectivity index (χ4n) is 2.93. The lowest BCUT2D eigenvalue weighted by Gasteiger charge is -2.38. The molecule has 24 heavy (non-hydrogen) atoms. The van der Waals surface area contributed by atoms with Gasteiger partial charge in [-0.15, -0.1) is 11.3 Å². The summed E-state index contributed by atoms with van der Waals surface area (Å²) in [7, 11) is 0. The standard InChI is InChI=1S/C18H17N3O2S/c19-18(22)16-7-13(5-6-20-16)23-14-9-21(10-14)8-12-11-24-17-4-2-1-3-15(12)17/h1-7,11,14H,8-10H2,(H2,19,22). The van der Waals surface area contributed by atoms with Crippen LogP contribution in [0, 0.1) is 0 Å². The maximum atomic E-state index is 11.2. The molecule has 1 saturated heterocycles. The Hall–Kier alpha value is -2.44. The van der Waals surface area contributed by atoms with Gasteiger partial charge in [-0.1, -0.05) is 18.2 Å². The van der Waals surface area contributed by atoms with Crippen LogP contribution < -0.4 is 10.5 Å². The van der Waals surface area contributed by atoms with E-state index in [1.165, 1.54) is 15.6 Å². The van der Waals surface area contributed by atoms with Crippen LogP contribution in [0.2, 0.25) is 0 Å². The number of benzene rings is 1. The van der Waals surface area contributed by atoms with Gasteiger partial charge in [0.25, 0.3) is 5.91 Å². The number of likely N-dealkylation sites (tertiary alicyclic amines) is 1. The van der Waals surface area contributed by atoms with Crippen molar-refractivity contribution in [2.45, 2.75) is 12.6 Å². The van der Waals surface area contributed by atoms with Gasteiger partial charge >= 0.3 is 0 Å². The van der Waals surface area contributed by atoms with Crippen LogP contribution in [-0.2, 0) is 6.54 Å². The van der Waals surface area contributed by atoms with Crippen LogP contribution in [0.5, 0.6) is 5.75 Å². The van der Waals surface area contributed by atoms with Gasteiger partial charge in [-0.2, -0.15) is 0 Å². The van der Waals surface area contributed by atoms with Crippen molar-refractivity contribution in [3.8, 4) is 5.75 Å². The quantitative estimate of drug-likeness (QED) is 0.776. The molecule has 122 valence electrons. The zero-order valence-corrected chi connectivity index (χ0v) is 13.8. The first-order valence-corrected chi connectivity index (χ1v) is 8.67. The smallest absolute Gasteiger partial charge is 0.267 e. The van der Waals surface area contributed by atoms with E-state index in [0.717, 1.165) is 19.6 Å². The molecule has 1 aliphatic heterocycles. The Morgan fingerprint density at radius 1 is 1.33 bits per heavy atom. The molecule has 5 nitrogen and oxygen atoms in total. The van der Waals surface area contributed by atoms with Gasteiger partial charge in [0, 0.05) is 36.6 Å². The SMILES string of the molecule is NC(=O)c1cc(OC2CN(Cc3csc4ccccc34)C2)ccn1. The number of nitrogens with zero attached hydrogens (tertiary/aromatic N) is 2. The van der Waals surface area contributed by atoms with E-state index in [2.05, 4.69) is 39.5 Å². The summed E-state index contributed by atoms with van der Waals surface area (Å²) in [5.74, 6) is 0.101. The molecule has 1 fully saturated rings. The number of carbonyl (C=O) groups is 1. The van der Waals surface area contributed by atoms with Gasteiger partial charge in [0.1, 0.15) is 17.5 Å². The van der Waals surface area contributed by atoms with Crippen LogP contribution in [0.4, 0.5) is 0 Å². The molecule has 0 saturated carbocycles. The number of rotatable bonds is 5. The fraction of sp³-hybridized carbons (Fsp3) is 0.222. The van der Waals surface area contributed by atoms with E-state index in [9.17, 15) is 4.79 Å². The summed E-state index contributed by atoms with van der Waals surface area (Å²) < 4.78 is 7.22. The number of ether oxygens (including phenoxy) is 1. The van der Waals surface area contributed by atoms with Crippen LogP contribution in [0.15, 0.2) is 48.0 Å². The lowest BCUT2D eigenvalue weighted by Crippen LogP contribution is -2.53. The van der Waals surface area contributed by atoms with E-state index in [-0.39, 0.29) is 11.8 Å². The third-order valence-electron chi connectivity index (χ3n) is 4.17. The third-order valence-corrected chi connectivity index (χ3v) is 5.18. The van der Waals surface area contributed by atoms with Crippen molar-refractivity contribution >= 4 is 27.3 Å². The van der Waals surface area contributed by atoms with E-state index < -0.39 is 5.91 Å². The number of aromatic nitrogens is 1. The van der Waals surface area contributed by atoms with Gasteiger partial charge in [-0.25, -0.2) is 0 Å². The first-order chi connectivity index (χ1) is 11.7. The minimum absolute atomic E-state index is 0.137. The molecule has 0 aliphatic carbocycles. The molecule has 1 aromatic carbocycles. The van der Waals surface area contributed by atoms with Crippen LogP contribution in [0.25, 0.3) is 10.1 Å². The van der Waals surface area contributed by atoms with Crippen molar-refractivity contribution < 1.29 is 9.53 Å². The summed E-state index contributed by atoms with van der Waals surface area (Å²) in [6, 6.07) is 11.8. The van der Waals surface area contributed by atoms with E-state index in [1.54, 1.807) is 29.7 Å². The topological polar surface area (TPSA) is 68.5 Å². The van der Waals surface area contributed by atoms with Gasteiger partial charge < -0.3 is 10.5 Å². The predicted octanol–water partition coefficient (Wildman–Crippen LogP) is 2.66. The van der Waals surface area contributed by atoms with Gasteiger partial charge in [0.15, 0.2) is 0 Å². The number of pyridine rings is 1. The Morgan fingerprint density at radius 2 is 2.17 bits per heavy atom. The van der Waals surface area contributed by atoms with Crippen molar-refractivity contribution in [3.63, 3.8) is 0 Å². The number of primary amides is 1. The van der Waals surface area contributed by atoms with Crippen molar-refractivity contribution in [1.29, 1.82) is 0 Å². The van der Waals surface area contributed by atoms with Crippen molar-refractivity contribution in [1.82, 2.24) is 9.88 Å². The Kier molecular flexibility index (Phi) is 3.92. The Bertz CT molecular complexity index is 887. The van der Waals surface area contributed by atoms with E-state index in [1.807, 2.05) is 0 Å². The highest BCUT2D eigenvalue weighted by molar-refractivity contribution is 7.17. The second kappa shape index (κ2) is 6.22. The number of hydrogen-bond acceptors (Lipinski definition) is 5. The molecule has 0 spiro atoms. The molecule has 0 bridgehead atoms. The van der Waals surface area contributed by atoms with Gasteiger partial charge in [0.2, 0.25) is 0 Å². The van der Waals surface area contributed by atoms with Gasteiger partial charge in [-0.3, -0.25) is 14.7 Å². The molecule has 0 radical (unpaired) electrons. The largest absolute Gasteiger partial charge is 0.488 e. The van der Waals surface area contributed by atoms with Gasteiger partial charge in [0.05, 0.1) is 0 Å². The number of carbonyl (C=O) groups excluding carboxylic acids is 1. The van der Waals surface area contributed by atoms with Crippen molar-refractivity contribution in [2.24, 2.45) is 5.73 Å². The monoisotopic (exact) mass is 339 g/mol. The first-order valence-electron chi connectivity index (χ1n) is 7.79. The summed E-state index contributed by atoms with van der Waals surface area (Å²) >= 11 is 1.79. The maximum absolute atomic E-state index is 11.2. The molecular weight excluding hydrogens is 322 g/mol. The van der Waals surface area contributed by atoms with Crippen LogP contribution in [0.3, 0.4) is 0 Å². The lowest BCUT2D eigenvalue weighted by molar-refractivity contribution is 0.0148. The Balaban J connectivity index is 1.35. The molecule has 1 aliphatic rings. The molecule has 4 rings (SSSR count). The zero-order chi connectivity index (χ0) is 16.5. The minimum atomic E-state index is -0.542. The van der Waals surface area contributed by atoms with Crippen LogP contribution in [0.1, 0.15) is 16.1 Å². The first kappa shape index (κ1) is 15.1. The highest BCUT2D eigenvalue weighted by Gasteiger charge is 2.29. The highest BCUT2D eigenvalue weighted by Crippen LogP contribution is 2.28. The summed E-state index contributed by atoms with van der Waals surface area (Å²) in [5.41, 5.74) is 6.84. The summed E-state index contributed by atoms with van der Waals surface area (Å²) in [5, 5.41) is 3.58. The molecule has 0 unspecified atom stereocenters. The maximum Gasteiger partial charge on any atom is 0.267 e. The summed E-state index contributed by atoms with van der Waals surface area (Å²) in [6.07, 6.45) is 1.68. The molecule has 2 N–H and O–H groups in total. The lowest BCUT2D eigenvalue weighted by atomic mass is 10.1. The molecule has 6 heteroatoms. The Labute approximate surface area is 143 Å². The zero-order valence-electron chi connectivity index (χ0n) is 13.0. The molecule has 0 atom stereocenters. The van der Waals surface area contributed by atoms with Crippen LogP contribution in [-0.4, -0.2) is 35.0 Å². The number of amides is 1. The molecule has 3 heterocycles. The summed E-state index contributed by atoms with van der Waals surface area (Å²) in [6.45, 7) is 2.68. The van der Waals surface area contributed by atoms with Crippen molar-refractivity contribution in [2.75, 3.05) is 13.1 Å². The molecule has 2 aromatic heterocycles. The number of thiophene rings is 1. The van der Waals surface area contributed by atoms with E-state index >= 15 is 0 Å². The molecule has 3 aromatic rings. The number of fused-ring (bicyclic) bond motifs is 1. The number of hydrogen-bond donors (Lipinski definition) is 1. The van der Waals surface area contributed by atoms with E-state index in [0.29, 0.717) is 5.75 Å². The Morgan fingerprint density at radius 3 is 3.00 bits per heavy atom. The average Bonchev–Trinajstić information content (AvgIpc) is 2.96. The van der Waals surface area contributed by atoms with Crippen molar-refractivity contribution in [3.05, 3.63) is 59.2 Å².